The van der Waals surface area contributed by atoms with Crippen LogP contribution >= 0.6 is 0 Å². The number of hydrogen-bond acceptors (Lipinski definition) is 5. The quantitative estimate of drug-likeness (QED) is 0.715. The number of aromatic hydroxyl groups is 1. The molecule has 2 N–H and O–H groups in total. The molecule has 6 heteroatoms. The fourth-order valence-corrected chi connectivity index (χ4v) is 2.44. The number of carbonyl (C=O) groups is 2. The molecule has 25 heavy (non-hydrogen) atoms. The van der Waals surface area contributed by atoms with Crippen LogP contribution in [-0.4, -0.2) is 35.6 Å². The standard InChI is InChI=1S/C19H22N2O4/c1-25-19(24)15(12-14-5-8-17(22)9-6-14)13-21-18(23)10-7-16-4-2-3-11-20-16/h2-6,8-9,11,15,22H,7,10,12-13H2,1H3,(H,21,23). The zero-order valence-corrected chi connectivity index (χ0v) is 14.1. The number of pyridine rings is 1. The van der Waals surface area contributed by atoms with Gasteiger partial charge in [-0.1, -0.05) is 18.2 Å². The number of benzene rings is 1. The number of hydrogen-bond donors (Lipinski definition) is 2. The molecule has 1 unspecified atom stereocenters. The summed E-state index contributed by atoms with van der Waals surface area (Å²) in [7, 11) is 1.33. The molecule has 1 heterocycles. The van der Waals surface area contributed by atoms with Crippen LogP contribution in [0.1, 0.15) is 17.7 Å². The molecule has 0 spiro atoms. The number of nitrogens with one attached hydrogen (secondary N) is 1. The maximum atomic E-state index is 12.0. The third kappa shape index (κ3) is 6.25. The van der Waals surface area contributed by atoms with Gasteiger partial charge in [-0.3, -0.25) is 14.6 Å². The van der Waals surface area contributed by atoms with E-state index in [2.05, 4.69) is 10.3 Å². The van der Waals surface area contributed by atoms with E-state index in [0.29, 0.717) is 19.3 Å². The Bertz CT molecular complexity index is 686. The second-order valence-corrected chi connectivity index (χ2v) is 5.72. The number of aromatic nitrogens is 1. The lowest BCUT2D eigenvalue weighted by Gasteiger charge is -2.15. The highest BCUT2D eigenvalue weighted by atomic mass is 16.5. The summed E-state index contributed by atoms with van der Waals surface area (Å²) in [5.41, 5.74) is 1.74. The first-order chi connectivity index (χ1) is 12.1. The fourth-order valence-electron chi connectivity index (χ4n) is 2.44. The van der Waals surface area contributed by atoms with Gasteiger partial charge in [0.2, 0.25) is 5.91 Å². The van der Waals surface area contributed by atoms with Gasteiger partial charge in [-0.25, -0.2) is 0 Å². The summed E-state index contributed by atoms with van der Waals surface area (Å²) in [6, 6.07) is 12.2. The topological polar surface area (TPSA) is 88.5 Å². The number of amides is 1. The Balaban J connectivity index is 1.85. The summed E-state index contributed by atoms with van der Waals surface area (Å²) < 4.78 is 4.82. The molecule has 0 saturated carbocycles. The minimum Gasteiger partial charge on any atom is -0.508 e. The minimum absolute atomic E-state index is 0.134. The molecular weight excluding hydrogens is 320 g/mol. The van der Waals surface area contributed by atoms with Crippen LogP contribution in [0.3, 0.4) is 0 Å². The van der Waals surface area contributed by atoms with E-state index < -0.39 is 5.92 Å². The van der Waals surface area contributed by atoms with Gasteiger partial charge in [0.1, 0.15) is 5.75 Å². The van der Waals surface area contributed by atoms with Crippen molar-refractivity contribution in [1.29, 1.82) is 0 Å². The number of rotatable bonds is 8. The number of phenols is 1. The molecule has 132 valence electrons. The largest absolute Gasteiger partial charge is 0.508 e. The number of aryl methyl sites for hydroxylation is 1. The summed E-state index contributed by atoms with van der Waals surface area (Å²) in [6.45, 7) is 0.203. The van der Waals surface area contributed by atoms with Gasteiger partial charge in [0, 0.05) is 24.9 Å². The monoisotopic (exact) mass is 342 g/mol. The Morgan fingerprint density at radius 2 is 1.96 bits per heavy atom. The van der Waals surface area contributed by atoms with Gasteiger partial charge in [-0.2, -0.15) is 0 Å². The predicted octanol–water partition coefficient (Wildman–Crippen LogP) is 1.87. The van der Waals surface area contributed by atoms with Gasteiger partial charge in [-0.15, -0.1) is 0 Å². The van der Waals surface area contributed by atoms with Crippen molar-refractivity contribution in [1.82, 2.24) is 10.3 Å². The van der Waals surface area contributed by atoms with Crippen LogP contribution in [0.5, 0.6) is 5.75 Å². The summed E-state index contributed by atoms with van der Waals surface area (Å²) in [5.74, 6) is -0.821. The Morgan fingerprint density at radius 3 is 2.60 bits per heavy atom. The van der Waals surface area contributed by atoms with Crippen molar-refractivity contribution in [2.45, 2.75) is 19.3 Å². The van der Waals surface area contributed by atoms with E-state index in [1.165, 1.54) is 7.11 Å². The van der Waals surface area contributed by atoms with Crippen molar-refractivity contribution in [2.24, 2.45) is 5.92 Å². The fraction of sp³-hybridized carbons (Fsp3) is 0.316. The maximum absolute atomic E-state index is 12.0. The summed E-state index contributed by atoms with van der Waals surface area (Å²) in [4.78, 5) is 28.1. The van der Waals surface area contributed by atoms with E-state index in [0.717, 1.165) is 11.3 Å². The molecular formula is C19H22N2O4. The van der Waals surface area contributed by atoms with E-state index in [1.807, 2.05) is 18.2 Å². The molecule has 0 saturated heterocycles. The van der Waals surface area contributed by atoms with Gasteiger partial charge < -0.3 is 15.2 Å². The second kappa shape index (κ2) is 9.42. The summed E-state index contributed by atoms with van der Waals surface area (Å²) in [6.07, 6.45) is 2.98. The van der Waals surface area contributed by atoms with E-state index in [1.54, 1.807) is 30.5 Å². The summed E-state index contributed by atoms with van der Waals surface area (Å²) >= 11 is 0. The molecule has 2 rings (SSSR count). The molecule has 2 aromatic rings. The SMILES string of the molecule is COC(=O)C(CNC(=O)CCc1ccccn1)Cc1ccc(O)cc1. The van der Waals surface area contributed by atoms with E-state index in [4.69, 9.17) is 4.74 Å². The van der Waals surface area contributed by atoms with Crippen LogP contribution in [0.15, 0.2) is 48.7 Å². The highest BCUT2D eigenvalue weighted by molar-refractivity contribution is 5.78. The number of nitrogens with zero attached hydrogens (tertiary/aromatic N) is 1. The van der Waals surface area contributed by atoms with Crippen LogP contribution in [0.2, 0.25) is 0 Å². The number of methoxy groups -OCH3 is 1. The molecule has 1 aromatic carbocycles. The molecule has 1 amide bonds. The molecule has 0 bridgehead atoms. The third-order valence-electron chi connectivity index (χ3n) is 3.83. The zero-order chi connectivity index (χ0) is 18.1. The van der Waals surface area contributed by atoms with Gasteiger partial charge in [0.25, 0.3) is 0 Å². The number of carbonyl (C=O) groups excluding carboxylic acids is 2. The summed E-state index contributed by atoms with van der Waals surface area (Å²) in [5, 5.41) is 12.1. The van der Waals surface area contributed by atoms with Crippen LogP contribution in [0.4, 0.5) is 0 Å². The smallest absolute Gasteiger partial charge is 0.310 e. The first-order valence-electron chi connectivity index (χ1n) is 8.11. The Labute approximate surface area is 146 Å². The number of ether oxygens (including phenoxy) is 1. The molecule has 6 nitrogen and oxygen atoms in total. The normalized spacial score (nSPS) is 11.6. The second-order valence-electron chi connectivity index (χ2n) is 5.72. The molecule has 0 radical (unpaired) electrons. The molecule has 0 fully saturated rings. The third-order valence-corrected chi connectivity index (χ3v) is 3.83. The minimum atomic E-state index is -0.478. The van der Waals surface area contributed by atoms with Gasteiger partial charge in [-0.05, 0) is 42.7 Å². The van der Waals surface area contributed by atoms with Crippen molar-refractivity contribution in [3.63, 3.8) is 0 Å². The van der Waals surface area contributed by atoms with Crippen LogP contribution in [0.25, 0.3) is 0 Å². The van der Waals surface area contributed by atoms with Crippen molar-refractivity contribution in [3.05, 3.63) is 59.9 Å². The van der Waals surface area contributed by atoms with Crippen LogP contribution in [0, 0.1) is 5.92 Å². The Hall–Kier alpha value is -2.89. The lowest BCUT2D eigenvalue weighted by molar-refractivity contribution is -0.145. The number of esters is 1. The maximum Gasteiger partial charge on any atom is 0.310 e. The Kier molecular flexibility index (Phi) is 6.95. The molecule has 0 aliphatic carbocycles. The van der Waals surface area contributed by atoms with Gasteiger partial charge in [0.05, 0.1) is 13.0 Å². The highest BCUT2D eigenvalue weighted by Gasteiger charge is 2.20. The molecule has 0 aliphatic rings. The van der Waals surface area contributed by atoms with Crippen molar-refractivity contribution in [3.8, 4) is 5.75 Å². The first kappa shape index (κ1) is 18.4. The predicted molar refractivity (Wildman–Crippen MR) is 92.9 cm³/mol. The highest BCUT2D eigenvalue weighted by Crippen LogP contribution is 2.14. The lowest BCUT2D eigenvalue weighted by Crippen LogP contribution is -2.34. The van der Waals surface area contributed by atoms with E-state index in [9.17, 15) is 14.7 Å². The van der Waals surface area contributed by atoms with Crippen molar-refractivity contribution in [2.75, 3.05) is 13.7 Å². The molecule has 0 aliphatic heterocycles. The zero-order valence-electron chi connectivity index (χ0n) is 14.1. The van der Waals surface area contributed by atoms with E-state index in [-0.39, 0.29) is 24.2 Å². The lowest BCUT2D eigenvalue weighted by atomic mass is 9.99. The average Bonchev–Trinajstić information content (AvgIpc) is 2.65. The van der Waals surface area contributed by atoms with Crippen LogP contribution in [-0.2, 0) is 27.2 Å². The first-order valence-corrected chi connectivity index (χ1v) is 8.11. The van der Waals surface area contributed by atoms with Crippen molar-refractivity contribution < 1.29 is 19.4 Å². The molecule has 1 atom stereocenters. The molecule has 1 aromatic heterocycles. The number of phenolic OH excluding ortho intramolecular Hbond substituents is 1. The van der Waals surface area contributed by atoms with Crippen molar-refractivity contribution >= 4 is 11.9 Å². The van der Waals surface area contributed by atoms with Crippen LogP contribution < -0.4 is 5.32 Å². The Morgan fingerprint density at radius 1 is 1.20 bits per heavy atom. The average molecular weight is 342 g/mol. The van der Waals surface area contributed by atoms with Gasteiger partial charge in [0.15, 0.2) is 0 Å². The van der Waals surface area contributed by atoms with Gasteiger partial charge >= 0.3 is 5.97 Å². The van der Waals surface area contributed by atoms with E-state index >= 15 is 0 Å².